The van der Waals surface area contributed by atoms with E-state index >= 15 is 0 Å². The maximum Gasteiger partial charge on any atom is 0.232 e. The Labute approximate surface area is 162 Å². The number of carbonyl (C=O) groups is 1. The number of nitrogens with one attached hydrogen (secondary N) is 1. The fourth-order valence-corrected chi connectivity index (χ4v) is 3.95. The van der Waals surface area contributed by atoms with Crippen molar-refractivity contribution in [3.05, 3.63) is 70.9 Å². The van der Waals surface area contributed by atoms with Crippen LogP contribution in [0.3, 0.4) is 0 Å². The minimum absolute atomic E-state index is 0.149. The zero-order valence-electron chi connectivity index (χ0n) is 13.9. The first-order valence-corrected chi connectivity index (χ1v) is 9.80. The van der Waals surface area contributed by atoms with E-state index in [-0.39, 0.29) is 18.1 Å². The molecule has 1 aromatic carbocycles. The van der Waals surface area contributed by atoms with Crippen LogP contribution in [0.25, 0.3) is 22.0 Å². The molecule has 3 aromatic heterocycles. The van der Waals surface area contributed by atoms with Gasteiger partial charge in [0.25, 0.3) is 0 Å². The Kier molecular flexibility index (Phi) is 4.99. The lowest BCUT2D eigenvalue weighted by molar-refractivity contribution is -0.115. The van der Waals surface area contributed by atoms with Crippen molar-refractivity contribution in [2.45, 2.75) is 6.42 Å². The molecule has 1 N–H and O–H groups in total. The van der Waals surface area contributed by atoms with Crippen molar-refractivity contribution in [3.63, 3.8) is 0 Å². The monoisotopic (exact) mass is 396 g/mol. The summed E-state index contributed by atoms with van der Waals surface area (Å²) in [7, 11) is 0. The number of halogens is 1. The second-order valence-electron chi connectivity index (χ2n) is 5.63. The SMILES string of the molecule is O=C(Cc1csc(-c2ccc(F)cc2)n1)Nc1nc(-c2ccccn2)cs1. The van der Waals surface area contributed by atoms with Crippen molar-refractivity contribution in [2.75, 3.05) is 5.32 Å². The quantitative estimate of drug-likeness (QED) is 0.533. The standard InChI is InChI=1S/C19H13FN4OS2/c20-13-6-4-12(5-7-13)18-22-14(10-26-18)9-17(25)24-19-23-16(11-27-19)15-3-1-2-8-21-15/h1-8,10-11H,9H2,(H,23,24,25). The molecule has 0 bridgehead atoms. The molecule has 0 aliphatic rings. The van der Waals surface area contributed by atoms with Crippen LogP contribution in [0.4, 0.5) is 9.52 Å². The molecule has 1 amide bonds. The van der Waals surface area contributed by atoms with Crippen LogP contribution in [0.15, 0.2) is 59.4 Å². The number of pyridine rings is 1. The van der Waals surface area contributed by atoms with Gasteiger partial charge >= 0.3 is 0 Å². The lowest BCUT2D eigenvalue weighted by atomic mass is 10.2. The van der Waals surface area contributed by atoms with Crippen LogP contribution in [-0.2, 0) is 11.2 Å². The zero-order valence-corrected chi connectivity index (χ0v) is 15.6. The van der Waals surface area contributed by atoms with Crippen molar-refractivity contribution in [1.29, 1.82) is 0 Å². The van der Waals surface area contributed by atoms with Gasteiger partial charge in [-0.25, -0.2) is 14.4 Å². The van der Waals surface area contributed by atoms with Gasteiger partial charge in [-0.05, 0) is 36.4 Å². The highest BCUT2D eigenvalue weighted by atomic mass is 32.1. The van der Waals surface area contributed by atoms with Gasteiger partial charge in [0.05, 0.1) is 17.8 Å². The molecular weight excluding hydrogens is 383 g/mol. The third-order valence-corrected chi connectivity index (χ3v) is 5.36. The summed E-state index contributed by atoms with van der Waals surface area (Å²) in [5, 5.41) is 7.76. The van der Waals surface area contributed by atoms with E-state index in [0.29, 0.717) is 10.8 Å². The van der Waals surface area contributed by atoms with Gasteiger partial charge in [-0.2, -0.15) is 0 Å². The van der Waals surface area contributed by atoms with Gasteiger partial charge in [0.15, 0.2) is 5.13 Å². The van der Waals surface area contributed by atoms with Crippen molar-refractivity contribution >= 4 is 33.7 Å². The zero-order chi connectivity index (χ0) is 18.6. The molecular formula is C19H13FN4OS2. The molecule has 27 heavy (non-hydrogen) atoms. The average Bonchev–Trinajstić information content (AvgIpc) is 3.33. The van der Waals surface area contributed by atoms with E-state index in [1.165, 1.54) is 34.8 Å². The van der Waals surface area contributed by atoms with E-state index in [9.17, 15) is 9.18 Å². The molecule has 134 valence electrons. The van der Waals surface area contributed by atoms with E-state index in [1.807, 2.05) is 29.0 Å². The minimum atomic E-state index is -0.288. The number of benzene rings is 1. The van der Waals surface area contributed by atoms with Crippen LogP contribution in [0, 0.1) is 5.82 Å². The molecule has 4 aromatic rings. The topological polar surface area (TPSA) is 67.8 Å². The molecule has 0 radical (unpaired) electrons. The van der Waals surface area contributed by atoms with Gasteiger partial charge in [0, 0.05) is 22.5 Å². The summed E-state index contributed by atoms with van der Waals surface area (Å²) in [6.45, 7) is 0. The molecule has 0 saturated heterocycles. The van der Waals surface area contributed by atoms with Crippen LogP contribution in [-0.4, -0.2) is 20.9 Å². The van der Waals surface area contributed by atoms with Gasteiger partial charge in [0.1, 0.15) is 16.5 Å². The Bertz CT molecular complexity index is 1060. The second-order valence-corrected chi connectivity index (χ2v) is 7.34. The van der Waals surface area contributed by atoms with Crippen LogP contribution in [0.2, 0.25) is 0 Å². The Hall–Kier alpha value is -2.97. The van der Waals surface area contributed by atoms with Crippen LogP contribution in [0.5, 0.6) is 0 Å². The summed E-state index contributed by atoms with van der Waals surface area (Å²) < 4.78 is 13.0. The first-order chi connectivity index (χ1) is 13.2. The lowest BCUT2D eigenvalue weighted by Crippen LogP contribution is -2.14. The second kappa shape index (κ2) is 7.73. The average molecular weight is 396 g/mol. The van der Waals surface area contributed by atoms with Gasteiger partial charge in [-0.15, -0.1) is 22.7 Å². The Balaban J connectivity index is 1.40. The van der Waals surface area contributed by atoms with Crippen LogP contribution in [0.1, 0.15) is 5.69 Å². The molecule has 4 rings (SSSR count). The summed E-state index contributed by atoms with van der Waals surface area (Å²) in [6.07, 6.45) is 1.85. The largest absolute Gasteiger partial charge is 0.302 e. The molecule has 0 aliphatic carbocycles. The lowest BCUT2D eigenvalue weighted by Gasteiger charge is -1.99. The molecule has 0 aliphatic heterocycles. The highest BCUT2D eigenvalue weighted by molar-refractivity contribution is 7.14. The molecule has 8 heteroatoms. The van der Waals surface area contributed by atoms with Crippen molar-refractivity contribution in [2.24, 2.45) is 0 Å². The fourth-order valence-electron chi connectivity index (χ4n) is 2.40. The summed E-state index contributed by atoms with van der Waals surface area (Å²) in [5.74, 6) is -0.476. The Morgan fingerprint density at radius 2 is 1.85 bits per heavy atom. The maximum absolute atomic E-state index is 13.0. The van der Waals surface area contributed by atoms with Gasteiger partial charge < -0.3 is 5.32 Å². The molecule has 0 atom stereocenters. The number of amides is 1. The Morgan fingerprint density at radius 1 is 1.00 bits per heavy atom. The smallest absolute Gasteiger partial charge is 0.232 e. The number of hydrogen-bond donors (Lipinski definition) is 1. The van der Waals surface area contributed by atoms with E-state index in [2.05, 4.69) is 20.3 Å². The van der Waals surface area contributed by atoms with E-state index < -0.39 is 0 Å². The number of thiazole rings is 2. The summed E-state index contributed by atoms with van der Waals surface area (Å²) in [6, 6.07) is 11.7. The third kappa shape index (κ3) is 4.24. The van der Waals surface area contributed by atoms with Gasteiger partial charge in [-0.1, -0.05) is 6.07 Å². The predicted octanol–water partition coefficient (Wildman–Crippen LogP) is 4.65. The maximum atomic E-state index is 13.0. The number of hydrogen-bond acceptors (Lipinski definition) is 6. The first kappa shape index (κ1) is 17.4. The third-order valence-electron chi connectivity index (χ3n) is 3.66. The van der Waals surface area contributed by atoms with Crippen molar-refractivity contribution in [1.82, 2.24) is 15.0 Å². The minimum Gasteiger partial charge on any atom is -0.302 e. The van der Waals surface area contributed by atoms with Crippen molar-refractivity contribution < 1.29 is 9.18 Å². The first-order valence-electron chi connectivity index (χ1n) is 8.04. The fraction of sp³-hybridized carbons (Fsp3) is 0.0526. The number of aromatic nitrogens is 3. The van der Waals surface area contributed by atoms with E-state index in [0.717, 1.165) is 22.0 Å². The molecule has 0 fully saturated rings. The summed E-state index contributed by atoms with van der Waals surface area (Å²) >= 11 is 2.77. The summed E-state index contributed by atoms with van der Waals surface area (Å²) in [4.78, 5) is 25.4. The normalized spacial score (nSPS) is 10.7. The van der Waals surface area contributed by atoms with Gasteiger partial charge in [0.2, 0.25) is 5.91 Å². The molecule has 0 unspecified atom stereocenters. The molecule has 0 saturated carbocycles. The van der Waals surface area contributed by atoms with Crippen LogP contribution < -0.4 is 5.32 Å². The molecule has 0 spiro atoms. The number of nitrogens with zero attached hydrogens (tertiary/aromatic N) is 3. The van der Waals surface area contributed by atoms with Gasteiger partial charge in [-0.3, -0.25) is 9.78 Å². The highest BCUT2D eigenvalue weighted by Gasteiger charge is 2.12. The molecule has 3 heterocycles. The van der Waals surface area contributed by atoms with Crippen LogP contribution >= 0.6 is 22.7 Å². The van der Waals surface area contributed by atoms with E-state index in [4.69, 9.17) is 0 Å². The predicted molar refractivity (Wildman–Crippen MR) is 105 cm³/mol. The molecule has 5 nitrogen and oxygen atoms in total. The summed E-state index contributed by atoms with van der Waals surface area (Å²) in [5.41, 5.74) is 2.98. The number of rotatable bonds is 5. The highest BCUT2D eigenvalue weighted by Crippen LogP contribution is 2.25. The number of anilines is 1. The number of carbonyl (C=O) groups excluding carboxylic acids is 1. The van der Waals surface area contributed by atoms with E-state index in [1.54, 1.807) is 18.3 Å². The Morgan fingerprint density at radius 3 is 2.63 bits per heavy atom. The van der Waals surface area contributed by atoms with Crippen molar-refractivity contribution in [3.8, 4) is 22.0 Å².